The molecule has 4 rings (SSSR count). The van der Waals surface area contributed by atoms with Crippen LogP contribution in [-0.4, -0.2) is 32.2 Å². The molecule has 9 heteroatoms. The van der Waals surface area contributed by atoms with E-state index in [4.69, 9.17) is 17.3 Å². The Balaban J connectivity index is 1.53. The lowest BCUT2D eigenvalue weighted by molar-refractivity contribution is 0.0475. The average Bonchev–Trinajstić information content (AvgIpc) is 3.13. The number of halogens is 2. The van der Waals surface area contributed by atoms with Gasteiger partial charge < -0.3 is 16.2 Å². The van der Waals surface area contributed by atoms with Crippen molar-refractivity contribution in [3.05, 3.63) is 82.3 Å². The fourth-order valence-electron chi connectivity index (χ4n) is 3.70. The highest BCUT2D eigenvalue weighted by molar-refractivity contribution is 6.30. The summed E-state index contributed by atoms with van der Waals surface area (Å²) in [6.45, 7) is 3.48. The van der Waals surface area contributed by atoms with Crippen molar-refractivity contribution in [2.24, 2.45) is 0 Å². The SMILES string of the molecule is Cc1ccc(-c2ccn3nc(N)nc3c2)c(F)c1C(=O)NCC[C@](C)(O)c1ccc(Cl)cc1. The second kappa shape index (κ2) is 8.80. The van der Waals surface area contributed by atoms with Crippen LogP contribution in [0.25, 0.3) is 16.8 Å². The van der Waals surface area contributed by atoms with Gasteiger partial charge in [-0.1, -0.05) is 35.9 Å². The lowest BCUT2D eigenvalue weighted by atomic mass is 9.92. The molecule has 0 unspecified atom stereocenters. The maximum atomic E-state index is 15.4. The molecule has 2 heterocycles. The van der Waals surface area contributed by atoms with Crippen molar-refractivity contribution in [2.45, 2.75) is 25.9 Å². The number of aromatic nitrogens is 3. The number of anilines is 1. The zero-order valence-corrected chi connectivity index (χ0v) is 18.9. The predicted octanol–water partition coefficient (Wildman–Crippen LogP) is 4.11. The van der Waals surface area contributed by atoms with Crippen LogP contribution in [0.15, 0.2) is 54.7 Å². The quantitative estimate of drug-likeness (QED) is 0.396. The summed E-state index contributed by atoms with van der Waals surface area (Å²) in [4.78, 5) is 17.0. The third-order valence-corrected chi connectivity index (χ3v) is 5.86. The van der Waals surface area contributed by atoms with Crippen molar-refractivity contribution in [3.8, 4) is 11.1 Å². The Morgan fingerprint density at radius 2 is 1.97 bits per heavy atom. The van der Waals surface area contributed by atoms with Gasteiger partial charge in [0.2, 0.25) is 5.95 Å². The molecule has 0 radical (unpaired) electrons. The Morgan fingerprint density at radius 1 is 1.24 bits per heavy atom. The third-order valence-electron chi connectivity index (χ3n) is 5.61. The number of pyridine rings is 1. The largest absolute Gasteiger partial charge is 0.385 e. The van der Waals surface area contributed by atoms with Crippen molar-refractivity contribution in [1.82, 2.24) is 19.9 Å². The Hall–Kier alpha value is -3.49. The zero-order valence-electron chi connectivity index (χ0n) is 18.1. The number of benzene rings is 2. The molecule has 0 saturated carbocycles. The molecule has 0 spiro atoms. The molecule has 0 fully saturated rings. The van der Waals surface area contributed by atoms with Gasteiger partial charge >= 0.3 is 0 Å². The number of nitrogen functional groups attached to an aromatic ring is 1. The van der Waals surface area contributed by atoms with Crippen LogP contribution in [0, 0.1) is 12.7 Å². The van der Waals surface area contributed by atoms with E-state index in [1.54, 1.807) is 68.6 Å². The molecule has 0 bridgehead atoms. The van der Waals surface area contributed by atoms with Crippen LogP contribution in [0.1, 0.15) is 34.8 Å². The van der Waals surface area contributed by atoms with Gasteiger partial charge in [-0.2, -0.15) is 4.98 Å². The number of aryl methyl sites for hydroxylation is 1. The molecule has 4 N–H and O–H groups in total. The summed E-state index contributed by atoms with van der Waals surface area (Å²) in [5.41, 5.74) is 6.87. The van der Waals surface area contributed by atoms with Gasteiger partial charge in [-0.15, -0.1) is 5.10 Å². The van der Waals surface area contributed by atoms with Gasteiger partial charge in [-0.05, 0) is 61.2 Å². The van der Waals surface area contributed by atoms with Crippen molar-refractivity contribution in [2.75, 3.05) is 12.3 Å². The van der Waals surface area contributed by atoms with Crippen molar-refractivity contribution in [1.29, 1.82) is 0 Å². The number of carbonyl (C=O) groups excluding carboxylic acids is 1. The number of nitrogens with zero attached hydrogens (tertiary/aromatic N) is 3. The minimum Gasteiger partial charge on any atom is -0.385 e. The Labute approximate surface area is 195 Å². The summed E-state index contributed by atoms with van der Waals surface area (Å²) in [6, 6.07) is 13.5. The number of fused-ring (bicyclic) bond motifs is 1. The molecule has 4 aromatic rings. The first-order valence-electron chi connectivity index (χ1n) is 10.3. The van der Waals surface area contributed by atoms with E-state index in [-0.39, 0.29) is 30.0 Å². The van der Waals surface area contributed by atoms with E-state index in [1.807, 2.05) is 0 Å². The summed E-state index contributed by atoms with van der Waals surface area (Å²) in [6.07, 6.45) is 1.87. The van der Waals surface area contributed by atoms with Gasteiger partial charge in [0, 0.05) is 23.3 Å². The van der Waals surface area contributed by atoms with E-state index in [2.05, 4.69) is 15.4 Å². The highest BCUT2D eigenvalue weighted by Gasteiger charge is 2.24. The van der Waals surface area contributed by atoms with Crippen LogP contribution in [-0.2, 0) is 5.60 Å². The molecule has 0 aliphatic carbocycles. The maximum absolute atomic E-state index is 15.4. The van der Waals surface area contributed by atoms with Gasteiger partial charge in [0.25, 0.3) is 5.91 Å². The van der Waals surface area contributed by atoms with Crippen LogP contribution in [0.3, 0.4) is 0 Å². The van der Waals surface area contributed by atoms with Crippen LogP contribution < -0.4 is 11.1 Å². The second-order valence-electron chi connectivity index (χ2n) is 8.09. The number of amides is 1. The minimum atomic E-state index is -1.18. The summed E-state index contributed by atoms with van der Waals surface area (Å²) >= 11 is 5.90. The molecule has 0 saturated heterocycles. The molecule has 2 aromatic heterocycles. The smallest absolute Gasteiger partial charge is 0.254 e. The molecule has 2 aromatic carbocycles. The highest BCUT2D eigenvalue weighted by Crippen LogP contribution is 2.29. The molecule has 0 aliphatic rings. The maximum Gasteiger partial charge on any atom is 0.254 e. The number of hydrogen-bond donors (Lipinski definition) is 3. The monoisotopic (exact) mass is 467 g/mol. The lowest BCUT2D eigenvalue weighted by Gasteiger charge is -2.24. The number of nitrogens with two attached hydrogens (primary N) is 1. The molecule has 33 heavy (non-hydrogen) atoms. The molecular formula is C24H23ClFN5O2. The zero-order chi connectivity index (χ0) is 23.8. The summed E-state index contributed by atoms with van der Waals surface area (Å²) in [7, 11) is 0. The summed E-state index contributed by atoms with van der Waals surface area (Å²) < 4.78 is 16.9. The summed E-state index contributed by atoms with van der Waals surface area (Å²) in [5.74, 6) is -1.06. The van der Waals surface area contributed by atoms with Crippen LogP contribution >= 0.6 is 11.6 Å². The number of carbonyl (C=O) groups is 1. The van der Waals surface area contributed by atoms with Crippen LogP contribution in [0.2, 0.25) is 5.02 Å². The van der Waals surface area contributed by atoms with Gasteiger partial charge in [-0.25, -0.2) is 8.91 Å². The molecule has 0 aliphatic heterocycles. The van der Waals surface area contributed by atoms with E-state index in [0.717, 1.165) is 0 Å². The van der Waals surface area contributed by atoms with E-state index in [1.165, 1.54) is 4.52 Å². The standard InChI is InChI=1S/C24H23ClFN5O2/c1-14-3-8-18(15-9-12-31-19(13-15)29-23(27)30-31)21(26)20(14)22(32)28-11-10-24(2,33)16-4-6-17(25)7-5-16/h3-9,12-13,33H,10-11H2,1-2H3,(H2,27,30)(H,28,32)/t24-/m0/s1. The van der Waals surface area contributed by atoms with Crippen molar-refractivity contribution in [3.63, 3.8) is 0 Å². The summed E-state index contributed by atoms with van der Waals surface area (Å²) in [5, 5.41) is 18.1. The normalized spacial score (nSPS) is 13.1. The predicted molar refractivity (Wildman–Crippen MR) is 126 cm³/mol. The number of aliphatic hydroxyl groups is 1. The number of hydrogen-bond acceptors (Lipinski definition) is 5. The van der Waals surface area contributed by atoms with E-state index in [9.17, 15) is 9.90 Å². The van der Waals surface area contributed by atoms with Crippen LogP contribution in [0.5, 0.6) is 0 Å². The van der Waals surface area contributed by atoms with Gasteiger partial charge in [-0.3, -0.25) is 4.79 Å². The molecule has 1 atom stereocenters. The molecule has 170 valence electrons. The third kappa shape index (κ3) is 4.67. The van der Waals surface area contributed by atoms with Crippen molar-refractivity contribution < 1.29 is 14.3 Å². The fourth-order valence-corrected chi connectivity index (χ4v) is 3.83. The number of nitrogens with one attached hydrogen (secondary N) is 1. The Morgan fingerprint density at radius 3 is 2.70 bits per heavy atom. The molecular weight excluding hydrogens is 445 g/mol. The van der Waals surface area contributed by atoms with Gasteiger partial charge in [0.15, 0.2) is 5.65 Å². The molecule has 7 nitrogen and oxygen atoms in total. The average molecular weight is 468 g/mol. The van der Waals surface area contributed by atoms with E-state index in [0.29, 0.717) is 27.4 Å². The molecule has 1 amide bonds. The first-order valence-corrected chi connectivity index (χ1v) is 10.7. The first kappa shape index (κ1) is 22.7. The van der Waals surface area contributed by atoms with E-state index < -0.39 is 17.3 Å². The van der Waals surface area contributed by atoms with Gasteiger partial charge in [0.1, 0.15) is 5.82 Å². The van der Waals surface area contributed by atoms with Crippen LogP contribution in [0.4, 0.5) is 10.3 Å². The van der Waals surface area contributed by atoms with Gasteiger partial charge in [0.05, 0.1) is 11.2 Å². The van der Waals surface area contributed by atoms with Crippen molar-refractivity contribution >= 4 is 29.1 Å². The van der Waals surface area contributed by atoms with E-state index >= 15 is 4.39 Å². The highest BCUT2D eigenvalue weighted by atomic mass is 35.5. The minimum absolute atomic E-state index is 0.0421. The fraction of sp³-hybridized carbons (Fsp3) is 0.208. The lowest BCUT2D eigenvalue weighted by Crippen LogP contribution is -2.32. The number of rotatable bonds is 6. The first-order chi connectivity index (χ1) is 15.7. The second-order valence-corrected chi connectivity index (χ2v) is 8.53. The Bertz CT molecular complexity index is 1330. The Kier molecular flexibility index (Phi) is 6.05. The topological polar surface area (TPSA) is 106 Å².